The zero-order valence-electron chi connectivity index (χ0n) is 17.7. The van der Waals surface area contributed by atoms with E-state index in [9.17, 15) is 14.7 Å². The van der Waals surface area contributed by atoms with Crippen molar-refractivity contribution in [3.8, 4) is 11.5 Å². The molecule has 1 fully saturated rings. The van der Waals surface area contributed by atoms with Crippen LogP contribution in [-0.4, -0.2) is 42.2 Å². The van der Waals surface area contributed by atoms with Crippen LogP contribution >= 0.6 is 0 Å². The maximum absolute atomic E-state index is 13.7. The third-order valence-corrected chi connectivity index (χ3v) is 5.46. The van der Waals surface area contributed by atoms with Gasteiger partial charge in [0.15, 0.2) is 12.3 Å². The summed E-state index contributed by atoms with van der Waals surface area (Å²) in [6.45, 7) is 0. The fourth-order valence-electron chi connectivity index (χ4n) is 3.96. The van der Waals surface area contributed by atoms with Crippen molar-refractivity contribution in [2.45, 2.75) is 18.4 Å². The highest BCUT2D eigenvalue weighted by Gasteiger charge is 2.50. The van der Waals surface area contributed by atoms with Crippen molar-refractivity contribution < 1.29 is 28.9 Å². The molecule has 0 aliphatic carbocycles. The lowest BCUT2D eigenvalue weighted by Gasteiger charge is -2.30. The Kier molecular flexibility index (Phi) is 6.09. The summed E-state index contributed by atoms with van der Waals surface area (Å²) in [5, 5.41) is 9.97. The number of carboxylic acid groups (broad SMARTS) is 1. The van der Waals surface area contributed by atoms with Gasteiger partial charge in [-0.05, 0) is 29.8 Å². The summed E-state index contributed by atoms with van der Waals surface area (Å²) in [5.74, 6) is -0.497. The van der Waals surface area contributed by atoms with Gasteiger partial charge in [0.05, 0.1) is 20.3 Å². The van der Waals surface area contributed by atoms with Gasteiger partial charge in [0.25, 0.3) is 5.91 Å². The summed E-state index contributed by atoms with van der Waals surface area (Å²) >= 11 is 0. The number of nitrogens with zero attached hydrogens (tertiary/aromatic N) is 1. The summed E-state index contributed by atoms with van der Waals surface area (Å²) in [7, 11) is 3.04. The number of benzene rings is 3. The first kappa shape index (κ1) is 21.4. The number of ether oxygens (including phenoxy) is 3. The van der Waals surface area contributed by atoms with E-state index in [1.54, 1.807) is 66.7 Å². The molecule has 3 aromatic carbocycles. The van der Waals surface area contributed by atoms with E-state index in [-0.39, 0.29) is 5.91 Å². The predicted octanol–water partition coefficient (Wildman–Crippen LogP) is 4.07. The van der Waals surface area contributed by atoms with E-state index >= 15 is 0 Å². The number of carbonyl (C=O) groups excluding carboxylic acids is 1. The highest BCUT2D eigenvalue weighted by molar-refractivity contribution is 5.95. The van der Waals surface area contributed by atoms with Gasteiger partial charge in [0, 0.05) is 17.2 Å². The SMILES string of the molecule is COc1ccc(C2OC(C(=O)O)C(c3ccccc3)N2C(=O)c2ccccc2)c(OC)c1. The van der Waals surface area contributed by atoms with Crippen LogP contribution in [-0.2, 0) is 9.53 Å². The Bertz CT molecular complexity index is 1100. The van der Waals surface area contributed by atoms with Gasteiger partial charge in [-0.25, -0.2) is 4.79 Å². The second kappa shape index (κ2) is 9.11. The van der Waals surface area contributed by atoms with Crippen LogP contribution in [0, 0.1) is 0 Å². The second-order valence-corrected chi connectivity index (χ2v) is 7.29. The minimum atomic E-state index is -1.26. The summed E-state index contributed by atoms with van der Waals surface area (Å²) in [5.41, 5.74) is 1.63. The normalized spacial score (nSPS) is 20.1. The van der Waals surface area contributed by atoms with Gasteiger partial charge < -0.3 is 19.3 Å². The van der Waals surface area contributed by atoms with Crippen molar-refractivity contribution >= 4 is 11.9 Å². The predicted molar refractivity (Wildman–Crippen MR) is 117 cm³/mol. The quantitative estimate of drug-likeness (QED) is 0.631. The zero-order chi connectivity index (χ0) is 22.7. The van der Waals surface area contributed by atoms with Crippen molar-refractivity contribution in [1.29, 1.82) is 0 Å². The van der Waals surface area contributed by atoms with Gasteiger partial charge in [-0.3, -0.25) is 9.69 Å². The minimum Gasteiger partial charge on any atom is -0.497 e. The number of hydrogen-bond donors (Lipinski definition) is 1. The molecule has 3 atom stereocenters. The largest absolute Gasteiger partial charge is 0.497 e. The van der Waals surface area contributed by atoms with Crippen LogP contribution < -0.4 is 9.47 Å². The van der Waals surface area contributed by atoms with Gasteiger partial charge in [-0.15, -0.1) is 0 Å². The fraction of sp³-hybridized carbons (Fsp3) is 0.200. The van der Waals surface area contributed by atoms with E-state index in [2.05, 4.69) is 0 Å². The number of carbonyl (C=O) groups is 2. The van der Waals surface area contributed by atoms with Crippen LogP contribution in [0.3, 0.4) is 0 Å². The van der Waals surface area contributed by atoms with E-state index in [0.717, 1.165) is 0 Å². The Labute approximate surface area is 185 Å². The molecule has 1 saturated heterocycles. The van der Waals surface area contributed by atoms with E-state index in [4.69, 9.17) is 14.2 Å². The summed E-state index contributed by atoms with van der Waals surface area (Å²) in [6.07, 6.45) is -2.24. The Balaban J connectivity index is 1.88. The fourth-order valence-corrected chi connectivity index (χ4v) is 3.96. The molecule has 3 unspecified atom stereocenters. The van der Waals surface area contributed by atoms with Crippen molar-refractivity contribution in [2.24, 2.45) is 0 Å². The molecular formula is C25H23NO6. The van der Waals surface area contributed by atoms with Gasteiger partial charge in [0.1, 0.15) is 11.5 Å². The van der Waals surface area contributed by atoms with E-state index in [1.807, 2.05) is 12.1 Å². The molecule has 32 heavy (non-hydrogen) atoms. The lowest BCUT2D eigenvalue weighted by atomic mass is 9.99. The number of carboxylic acids is 1. The molecule has 7 heteroatoms. The van der Waals surface area contributed by atoms with Crippen LogP contribution in [0.1, 0.15) is 33.8 Å². The Morgan fingerprint density at radius 3 is 2.16 bits per heavy atom. The number of methoxy groups -OCH3 is 2. The molecule has 0 saturated carbocycles. The number of hydrogen-bond acceptors (Lipinski definition) is 5. The third-order valence-electron chi connectivity index (χ3n) is 5.46. The first-order valence-corrected chi connectivity index (χ1v) is 10.1. The Morgan fingerprint density at radius 2 is 1.56 bits per heavy atom. The average molecular weight is 433 g/mol. The van der Waals surface area contributed by atoms with Crippen molar-refractivity contribution in [3.05, 3.63) is 95.6 Å². The van der Waals surface area contributed by atoms with Crippen LogP contribution in [0.2, 0.25) is 0 Å². The lowest BCUT2D eigenvalue weighted by molar-refractivity contribution is -0.150. The monoisotopic (exact) mass is 433 g/mol. The maximum Gasteiger partial charge on any atom is 0.335 e. The summed E-state index contributed by atoms with van der Waals surface area (Å²) in [4.78, 5) is 27.4. The van der Waals surface area contributed by atoms with Gasteiger partial charge in [-0.2, -0.15) is 0 Å². The highest BCUT2D eigenvalue weighted by atomic mass is 16.6. The van der Waals surface area contributed by atoms with Crippen LogP contribution in [0.15, 0.2) is 78.9 Å². The second-order valence-electron chi connectivity index (χ2n) is 7.29. The Morgan fingerprint density at radius 1 is 0.906 bits per heavy atom. The molecule has 0 radical (unpaired) electrons. The molecule has 0 bridgehead atoms. The molecule has 7 nitrogen and oxygen atoms in total. The van der Waals surface area contributed by atoms with E-state index in [1.165, 1.54) is 19.1 Å². The summed E-state index contributed by atoms with van der Waals surface area (Å²) < 4.78 is 16.8. The van der Waals surface area contributed by atoms with Crippen LogP contribution in [0.4, 0.5) is 0 Å². The first-order valence-electron chi connectivity index (χ1n) is 10.1. The molecule has 0 aromatic heterocycles. The molecule has 1 amide bonds. The lowest BCUT2D eigenvalue weighted by Crippen LogP contribution is -2.36. The van der Waals surface area contributed by atoms with E-state index in [0.29, 0.717) is 28.2 Å². The van der Waals surface area contributed by atoms with Crippen molar-refractivity contribution in [1.82, 2.24) is 4.90 Å². The molecule has 1 aliphatic rings. The van der Waals surface area contributed by atoms with Crippen LogP contribution in [0.5, 0.6) is 11.5 Å². The Hall–Kier alpha value is -3.84. The number of amides is 1. The molecule has 3 aromatic rings. The summed E-state index contributed by atoms with van der Waals surface area (Å²) in [6, 6.07) is 22.1. The standard InChI is InChI=1S/C25H23NO6/c1-30-18-13-14-19(20(15-18)31-2)24-26(23(27)17-11-7-4-8-12-17)21(22(32-24)25(28)29)16-9-5-3-6-10-16/h3-15,21-22,24H,1-2H3,(H,28,29). The average Bonchev–Trinajstić information content (AvgIpc) is 3.25. The third kappa shape index (κ3) is 3.90. The molecule has 1 heterocycles. The van der Waals surface area contributed by atoms with E-state index < -0.39 is 24.3 Å². The number of rotatable bonds is 6. The molecule has 1 aliphatic heterocycles. The van der Waals surface area contributed by atoms with Crippen molar-refractivity contribution in [2.75, 3.05) is 14.2 Å². The number of aliphatic carboxylic acids is 1. The van der Waals surface area contributed by atoms with Gasteiger partial charge in [0.2, 0.25) is 0 Å². The zero-order valence-corrected chi connectivity index (χ0v) is 17.7. The van der Waals surface area contributed by atoms with Crippen molar-refractivity contribution in [3.63, 3.8) is 0 Å². The topological polar surface area (TPSA) is 85.3 Å². The van der Waals surface area contributed by atoms with Gasteiger partial charge in [-0.1, -0.05) is 48.5 Å². The first-order chi connectivity index (χ1) is 15.5. The molecule has 164 valence electrons. The minimum absolute atomic E-state index is 0.342. The highest BCUT2D eigenvalue weighted by Crippen LogP contribution is 2.46. The van der Waals surface area contributed by atoms with Crippen LogP contribution in [0.25, 0.3) is 0 Å². The maximum atomic E-state index is 13.7. The smallest absolute Gasteiger partial charge is 0.335 e. The van der Waals surface area contributed by atoms with Gasteiger partial charge >= 0.3 is 5.97 Å². The molecule has 1 N–H and O–H groups in total. The molecule has 4 rings (SSSR count). The molecular weight excluding hydrogens is 410 g/mol. The molecule has 0 spiro atoms.